The largest absolute Gasteiger partial charge is 0.462 e. The van der Waals surface area contributed by atoms with E-state index in [-0.39, 0.29) is 17.1 Å². The third-order valence-electron chi connectivity index (χ3n) is 5.05. The van der Waals surface area contributed by atoms with Gasteiger partial charge in [-0.3, -0.25) is 0 Å². The summed E-state index contributed by atoms with van der Waals surface area (Å²) in [5, 5.41) is 0. The fourth-order valence-electron chi connectivity index (χ4n) is 2.99. The molecule has 0 aliphatic rings. The predicted molar refractivity (Wildman–Crippen MR) is 139 cm³/mol. The van der Waals surface area contributed by atoms with E-state index < -0.39 is 11.9 Å². The van der Waals surface area contributed by atoms with Gasteiger partial charge in [-0.05, 0) is 42.7 Å². The van der Waals surface area contributed by atoms with E-state index in [0.717, 1.165) is 31.2 Å². The molecule has 190 valence electrons. The molecule has 3 rings (SSSR count). The zero-order chi connectivity index (χ0) is 26.0. The third kappa shape index (κ3) is 10.1. The first-order chi connectivity index (χ1) is 17.6. The molecule has 0 atom stereocenters. The average molecular weight is 491 g/mol. The van der Waals surface area contributed by atoms with E-state index in [1.807, 2.05) is 62.4 Å². The van der Waals surface area contributed by atoms with Crippen LogP contribution in [0.5, 0.6) is 0 Å². The lowest BCUT2D eigenvalue weighted by molar-refractivity contribution is 0.0452. The van der Waals surface area contributed by atoms with Gasteiger partial charge in [-0.1, -0.05) is 87.4 Å². The van der Waals surface area contributed by atoms with E-state index in [1.165, 1.54) is 0 Å². The van der Waals surface area contributed by atoms with Gasteiger partial charge >= 0.3 is 17.9 Å². The molecule has 0 saturated carbocycles. The number of ether oxygens (including phenoxy) is 3. The highest BCUT2D eigenvalue weighted by molar-refractivity contribution is 6.03. The summed E-state index contributed by atoms with van der Waals surface area (Å²) >= 11 is 0. The summed E-state index contributed by atoms with van der Waals surface area (Å²) in [5.41, 5.74) is 2.11. The summed E-state index contributed by atoms with van der Waals surface area (Å²) in [6.07, 6.45) is 3.53. The summed E-state index contributed by atoms with van der Waals surface area (Å²) in [7, 11) is 0. The van der Waals surface area contributed by atoms with Gasteiger partial charge in [0.05, 0.1) is 29.9 Å². The van der Waals surface area contributed by atoms with Crippen molar-refractivity contribution in [3.05, 3.63) is 107 Å². The number of hydrogen-bond acceptors (Lipinski definition) is 6. The van der Waals surface area contributed by atoms with Crippen molar-refractivity contribution in [2.45, 2.75) is 46.1 Å². The van der Waals surface area contributed by atoms with Gasteiger partial charge < -0.3 is 14.2 Å². The smallest absolute Gasteiger partial charge is 0.339 e. The molecule has 0 amide bonds. The molecule has 0 bridgehead atoms. The highest BCUT2D eigenvalue weighted by Gasteiger charge is 2.18. The van der Waals surface area contributed by atoms with E-state index in [0.29, 0.717) is 25.4 Å². The van der Waals surface area contributed by atoms with Crippen molar-refractivity contribution in [2.24, 2.45) is 0 Å². The minimum atomic E-state index is -0.471. The van der Waals surface area contributed by atoms with Gasteiger partial charge in [-0.25, -0.2) is 14.4 Å². The highest BCUT2D eigenvalue weighted by atomic mass is 16.5. The maximum atomic E-state index is 11.9. The van der Waals surface area contributed by atoms with Crippen molar-refractivity contribution in [3.63, 3.8) is 0 Å². The molecule has 3 aromatic rings. The molecule has 0 N–H and O–H groups in total. The quantitative estimate of drug-likeness (QED) is 0.170. The fourth-order valence-corrected chi connectivity index (χ4v) is 2.99. The van der Waals surface area contributed by atoms with Crippen LogP contribution in [0.3, 0.4) is 0 Å². The first-order valence-corrected chi connectivity index (χ1v) is 12.3. The Balaban J connectivity index is 0.000000259. The van der Waals surface area contributed by atoms with Gasteiger partial charge in [-0.2, -0.15) is 0 Å². The number of esters is 3. The second-order valence-electron chi connectivity index (χ2n) is 7.95. The van der Waals surface area contributed by atoms with Gasteiger partial charge in [-0.15, -0.1) is 0 Å². The maximum absolute atomic E-state index is 11.9. The molecule has 6 heteroatoms. The molecular formula is C30H34O6. The molecule has 0 aliphatic heterocycles. The van der Waals surface area contributed by atoms with Crippen LogP contribution in [0.25, 0.3) is 0 Å². The van der Waals surface area contributed by atoms with Crippen molar-refractivity contribution in [1.82, 2.24) is 0 Å². The molecule has 6 nitrogen and oxygen atoms in total. The molecule has 0 unspecified atom stereocenters. The van der Waals surface area contributed by atoms with Gasteiger partial charge in [0.15, 0.2) is 0 Å². The van der Waals surface area contributed by atoms with Crippen LogP contribution >= 0.6 is 0 Å². The van der Waals surface area contributed by atoms with Crippen LogP contribution in [0.15, 0.2) is 84.9 Å². The number of rotatable bonds is 11. The van der Waals surface area contributed by atoms with Crippen molar-refractivity contribution < 1.29 is 28.6 Å². The van der Waals surface area contributed by atoms with Gasteiger partial charge in [0.1, 0.15) is 6.61 Å². The molecule has 0 spiro atoms. The second-order valence-corrected chi connectivity index (χ2v) is 7.95. The summed E-state index contributed by atoms with van der Waals surface area (Å²) in [6.45, 7) is 5.09. The Morgan fingerprint density at radius 3 is 1.47 bits per heavy atom. The topological polar surface area (TPSA) is 78.9 Å². The summed E-state index contributed by atoms with van der Waals surface area (Å²) < 4.78 is 15.5. The number of unbranched alkanes of at least 4 members (excludes halogenated alkanes) is 2. The van der Waals surface area contributed by atoms with E-state index in [9.17, 15) is 14.4 Å². The Kier molecular flexibility index (Phi) is 13.1. The molecular weight excluding hydrogens is 456 g/mol. The summed E-state index contributed by atoms with van der Waals surface area (Å²) in [5.74, 6) is -1.23. The first kappa shape index (κ1) is 28.3. The minimum Gasteiger partial charge on any atom is -0.462 e. The summed E-state index contributed by atoms with van der Waals surface area (Å²) in [4.78, 5) is 35.5. The van der Waals surface area contributed by atoms with Crippen molar-refractivity contribution in [1.29, 1.82) is 0 Å². The first-order valence-electron chi connectivity index (χ1n) is 12.3. The van der Waals surface area contributed by atoms with Crippen LogP contribution in [-0.2, 0) is 20.8 Å². The lowest BCUT2D eigenvalue weighted by Crippen LogP contribution is -2.14. The Labute approximate surface area is 213 Å². The Morgan fingerprint density at radius 2 is 1.00 bits per heavy atom. The third-order valence-corrected chi connectivity index (χ3v) is 5.05. The Bertz CT molecular complexity index is 1020. The number of carbonyl (C=O) groups excluding carboxylic acids is 3. The van der Waals surface area contributed by atoms with Crippen LogP contribution in [0, 0.1) is 0 Å². The van der Waals surface area contributed by atoms with Crippen molar-refractivity contribution in [3.8, 4) is 0 Å². The fraction of sp³-hybridized carbons (Fsp3) is 0.300. The van der Waals surface area contributed by atoms with Crippen molar-refractivity contribution in [2.75, 3.05) is 13.2 Å². The van der Waals surface area contributed by atoms with Crippen molar-refractivity contribution >= 4 is 17.9 Å². The molecule has 0 aromatic heterocycles. The molecule has 36 heavy (non-hydrogen) atoms. The Hall–Kier alpha value is -3.93. The molecule has 0 heterocycles. The molecule has 3 aromatic carbocycles. The van der Waals surface area contributed by atoms with Gasteiger partial charge in [0, 0.05) is 0 Å². The number of benzene rings is 3. The van der Waals surface area contributed by atoms with E-state index in [4.69, 9.17) is 14.2 Å². The SMILES string of the molecule is CCCCOC(=O)c1ccccc1C(=O)OCCCC.O=C(OCc1ccccc1)c1ccccc1. The normalized spacial score (nSPS) is 9.94. The predicted octanol–water partition coefficient (Wildman–Crippen LogP) is 6.64. The van der Waals surface area contributed by atoms with E-state index >= 15 is 0 Å². The van der Waals surface area contributed by atoms with Gasteiger partial charge in [0.25, 0.3) is 0 Å². The maximum Gasteiger partial charge on any atom is 0.339 e. The van der Waals surface area contributed by atoms with Crippen LogP contribution in [-0.4, -0.2) is 31.1 Å². The van der Waals surface area contributed by atoms with E-state index in [1.54, 1.807) is 36.4 Å². The second kappa shape index (κ2) is 16.7. The van der Waals surface area contributed by atoms with Crippen LogP contribution in [0.2, 0.25) is 0 Å². The monoisotopic (exact) mass is 490 g/mol. The molecule has 0 saturated heterocycles. The van der Waals surface area contributed by atoms with Gasteiger partial charge in [0.2, 0.25) is 0 Å². The van der Waals surface area contributed by atoms with E-state index in [2.05, 4.69) is 0 Å². The minimum absolute atomic E-state index is 0.269. The summed E-state index contributed by atoms with van der Waals surface area (Å²) in [6, 6.07) is 25.2. The Morgan fingerprint density at radius 1 is 0.556 bits per heavy atom. The molecule has 0 aliphatic carbocycles. The number of carbonyl (C=O) groups is 3. The zero-order valence-electron chi connectivity index (χ0n) is 21.0. The van der Waals surface area contributed by atoms with Crippen LogP contribution in [0.1, 0.15) is 76.2 Å². The molecule has 0 radical (unpaired) electrons. The van der Waals surface area contributed by atoms with Crippen LogP contribution < -0.4 is 0 Å². The number of hydrogen-bond donors (Lipinski definition) is 0. The van der Waals surface area contributed by atoms with Crippen LogP contribution in [0.4, 0.5) is 0 Å². The lowest BCUT2D eigenvalue weighted by atomic mass is 10.1. The highest BCUT2D eigenvalue weighted by Crippen LogP contribution is 2.13. The lowest BCUT2D eigenvalue weighted by Gasteiger charge is -2.09. The standard InChI is InChI=1S/C16H22O4.C14H12O2/c1-3-5-11-19-15(17)13-9-7-8-10-14(13)16(18)20-12-6-4-2;15-14(13-9-5-2-6-10-13)16-11-12-7-3-1-4-8-12/h7-10H,3-6,11-12H2,1-2H3;1-10H,11H2. The molecule has 0 fully saturated rings. The zero-order valence-corrected chi connectivity index (χ0v) is 21.0. The average Bonchev–Trinajstić information content (AvgIpc) is 2.93.